The van der Waals surface area contributed by atoms with Crippen LogP contribution in [0.25, 0.3) is 10.2 Å². The molecule has 3 nitrogen and oxygen atoms in total. The van der Waals surface area contributed by atoms with Gasteiger partial charge in [0.15, 0.2) is 0 Å². The van der Waals surface area contributed by atoms with E-state index in [9.17, 15) is 18.0 Å². The molecule has 8 heteroatoms. The van der Waals surface area contributed by atoms with E-state index < -0.39 is 17.5 Å². The molecule has 0 aliphatic carbocycles. The second-order valence-electron chi connectivity index (χ2n) is 5.17. The highest BCUT2D eigenvalue weighted by molar-refractivity contribution is 9.10. The first-order chi connectivity index (χ1) is 11.2. The van der Waals surface area contributed by atoms with Crippen LogP contribution in [0.2, 0.25) is 0 Å². The molecule has 0 bridgehead atoms. The minimum atomic E-state index is -4.57. The molecule has 124 valence electrons. The molecule has 0 saturated heterocycles. The van der Waals surface area contributed by atoms with Crippen LogP contribution in [0.5, 0.6) is 0 Å². The zero-order valence-electron chi connectivity index (χ0n) is 12.2. The molecule has 0 aliphatic heterocycles. The number of nitrogen functional groups attached to an aromatic ring is 1. The highest BCUT2D eigenvalue weighted by Gasteiger charge is 2.35. The molecule has 2 N–H and O–H groups in total. The molecule has 0 atom stereocenters. The van der Waals surface area contributed by atoms with Crippen molar-refractivity contribution in [1.29, 1.82) is 0 Å². The molecule has 3 aromatic rings. The lowest BCUT2D eigenvalue weighted by Crippen LogP contribution is -2.08. The molecule has 0 unspecified atom stereocenters. The SMILES string of the molecule is Cc1cc(C(F)(F)F)c2c(N)c(C(=O)c3ccc(Br)cc3)sc2n1. The number of alkyl halides is 3. The van der Waals surface area contributed by atoms with E-state index in [2.05, 4.69) is 20.9 Å². The molecule has 0 radical (unpaired) electrons. The standard InChI is InChI=1S/C16H10BrF3N2OS/c1-7-6-10(16(18,19)20)11-12(21)14(24-15(11)22-7)13(23)8-2-4-9(17)5-3-8/h2-6H,21H2,1H3. The Kier molecular flexibility index (Phi) is 4.13. The molecule has 0 spiro atoms. The fourth-order valence-electron chi connectivity index (χ4n) is 2.37. The van der Waals surface area contributed by atoms with Gasteiger partial charge in [0, 0.05) is 21.1 Å². The van der Waals surface area contributed by atoms with Crippen LogP contribution in [0.1, 0.15) is 26.5 Å². The maximum Gasteiger partial charge on any atom is 0.417 e. The van der Waals surface area contributed by atoms with E-state index in [-0.39, 0.29) is 26.5 Å². The summed E-state index contributed by atoms with van der Waals surface area (Å²) in [7, 11) is 0. The Morgan fingerprint density at radius 1 is 1.25 bits per heavy atom. The molecule has 24 heavy (non-hydrogen) atoms. The van der Waals surface area contributed by atoms with Gasteiger partial charge in [-0.15, -0.1) is 11.3 Å². The Balaban J connectivity index is 2.22. The highest BCUT2D eigenvalue weighted by atomic mass is 79.9. The third kappa shape index (κ3) is 2.91. The Hall–Kier alpha value is -1.93. The zero-order chi connectivity index (χ0) is 17.6. The van der Waals surface area contributed by atoms with Crippen molar-refractivity contribution >= 4 is 49.0 Å². The first-order valence-corrected chi connectivity index (χ1v) is 8.36. The van der Waals surface area contributed by atoms with E-state index in [1.807, 2.05) is 0 Å². The topological polar surface area (TPSA) is 56.0 Å². The lowest BCUT2D eigenvalue weighted by molar-refractivity contribution is -0.136. The largest absolute Gasteiger partial charge is 0.417 e. The Morgan fingerprint density at radius 3 is 2.46 bits per heavy atom. The number of nitrogens with two attached hydrogens (primary N) is 1. The third-order valence-corrected chi connectivity index (χ3v) is 5.07. The third-order valence-electron chi connectivity index (χ3n) is 3.45. The van der Waals surface area contributed by atoms with E-state index in [0.29, 0.717) is 5.56 Å². The zero-order valence-corrected chi connectivity index (χ0v) is 14.6. The van der Waals surface area contributed by atoms with Crippen LogP contribution in [0, 0.1) is 6.92 Å². The highest BCUT2D eigenvalue weighted by Crippen LogP contribution is 2.42. The Bertz CT molecular complexity index is 949. The van der Waals surface area contributed by atoms with Gasteiger partial charge in [-0.25, -0.2) is 4.98 Å². The number of ketones is 1. The number of hydrogen-bond donors (Lipinski definition) is 1. The molecule has 1 aromatic carbocycles. The minimum Gasteiger partial charge on any atom is -0.397 e. The molecule has 0 saturated carbocycles. The fourth-order valence-corrected chi connectivity index (χ4v) is 3.76. The van der Waals surface area contributed by atoms with Gasteiger partial charge in [-0.05, 0) is 37.3 Å². The van der Waals surface area contributed by atoms with Crippen molar-refractivity contribution < 1.29 is 18.0 Å². The van der Waals surface area contributed by atoms with Crippen molar-refractivity contribution in [2.45, 2.75) is 13.1 Å². The van der Waals surface area contributed by atoms with Crippen LogP contribution in [0.3, 0.4) is 0 Å². The van der Waals surface area contributed by atoms with Gasteiger partial charge in [0.25, 0.3) is 0 Å². The number of benzene rings is 1. The van der Waals surface area contributed by atoms with Crippen LogP contribution in [-0.2, 0) is 6.18 Å². The lowest BCUT2D eigenvalue weighted by atomic mass is 10.1. The minimum absolute atomic E-state index is 0.0657. The summed E-state index contributed by atoms with van der Waals surface area (Å²) in [6, 6.07) is 7.47. The molecule has 2 heterocycles. The van der Waals surface area contributed by atoms with E-state index in [1.54, 1.807) is 24.3 Å². The number of carbonyl (C=O) groups is 1. The fraction of sp³-hybridized carbons (Fsp3) is 0.125. The number of pyridine rings is 1. The Labute approximate surface area is 147 Å². The van der Waals surface area contributed by atoms with E-state index >= 15 is 0 Å². The molecule has 0 aliphatic rings. The summed E-state index contributed by atoms with van der Waals surface area (Å²) in [5.41, 5.74) is 5.42. The van der Waals surface area contributed by atoms with Crippen molar-refractivity contribution in [3.05, 3.63) is 56.5 Å². The first-order valence-electron chi connectivity index (χ1n) is 6.75. The maximum absolute atomic E-state index is 13.3. The normalized spacial score (nSPS) is 11.9. The molecular weight excluding hydrogens is 405 g/mol. The molecular formula is C16H10BrF3N2OS. The summed E-state index contributed by atoms with van der Waals surface area (Å²) in [6.07, 6.45) is -4.57. The predicted octanol–water partition coefficient (Wildman–Crippen LogP) is 5.20. The summed E-state index contributed by atoms with van der Waals surface area (Å²) in [6.45, 7) is 1.47. The van der Waals surface area contributed by atoms with Gasteiger partial charge < -0.3 is 5.73 Å². The number of anilines is 1. The predicted molar refractivity (Wildman–Crippen MR) is 91.3 cm³/mol. The van der Waals surface area contributed by atoms with Crippen molar-refractivity contribution in [2.24, 2.45) is 0 Å². The van der Waals surface area contributed by atoms with Crippen molar-refractivity contribution in [3.8, 4) is 0 Å². The van der Waals surface area contributed by atoms with Gasteiger partial charge in [0.05, 0.1) is 11.3 Å². The van der Waals surface area contributed by atoms with Gasteiger partial charge in [-0.1, -0.05) is 15.9 Å². The average molecular weight is 415 g/mol. The van der Waals surface area contributed by atoms with E-state index in [0.717, 1.165) is 21.9 Å². The van der Waals surface area contributed by atoms with Gasteiger partial charge in [0.2, 0.25) is 5.78 Å². The van der Waals surface area contributed by atoms with Gasteiger partial charge in [0.1, 0.15) is 9.71 Å². The molecule has 3 rings (SSSR count). The van der Waals surface area contributed by atoms with Crippen LogP contribution in [0.15, 0.2) is 34.8 Å². The van der Waals surface area contributed by atoms with Crippen LogP contribution in [0.4, 0.5) is 18.9 Å². The molecule has 0 amide bonds. The number of nitrogens with zero attached hydrogens (tertiary/aromatic N) is 1. The summed E-state index contributed by atoms with van der Waals surface area (Å²) in [4.78, 5) is 16.9. The number of hydrogen-bond acceptors (Lipinski definition) is 4. The van der Waals surface area contributed by atoms with Crippen molar-refractivity contribution in [2.75, 3.05) is 5.73 Å². The van der Waals surface area contributed by atoms with Gasteiger partial charge in [-0.2, -0.15) is 13.2 Å². The Morgan fingerprint density at radius 2 is 1.88 bits per heavy atom. The van der Waals surface area contributed by atoms with Gasteiger partial charge >= 0.3 is 6.18 Å². The summed E-state index contributed by atoms with van der Waals surface area (Å²) < 4.78 is 40.7. The average Bonchev–Trinajstić information content (AvgIpc) is 2.82. The second-order valence-corrected chi connectivity index (χ2v) is 7.08. The number of aromatic nitrogens is 1. The smallest absolute Gasteiger partial charge is 0.397 e. The number of carbonyl (C=O) groups excluding carboxylic acids is 1. The van der Waals surface area contributed by atoms with Crippen LogP contribution < -0.4 is 5.73 Å². The summed E-state index contributed by atoms with van der Waals surface area (Å²) in [5.74, 6) is -0.422. The quantitative estimate of drug-likeness (QED) is 0.586. The van der Waals surface area contributed by atoms with Crippen LogP contribution >= 0.6 is 27.3 Å². The number of fused-ring (bicyclic) bond motifs is 1. The first kappa shape index (κ1) is 16.9. The van der Waals surface area contributed by atoms with Gasteiger partial charge in [-0.3, -0.25) is 4.79 Å². The summed E-state index contributed by atoms with van der Waals surface area (Å²) >= 11 is 4.14. The monoisotopic (exact) mass is 414 g/mol. The molecule has 0 fully saturated rings. The van der Waals surface area contributed by atoms with E-state index in [1.165, 1.54) is 6.92 Å². The number of rotatable bonds is 2. The van der Waals surface area contributed by atoms with Crippen molar-refractivity contribution in [1.82, 2.24) is 4.98 Å². The second kappa shape index (κ2) is 5.86. The number of thiophene rings is 1. The van der Waals surface area contributed by atoms with Crippen LogP contribution in [-0.4, -0.2) is 10.8 Å². The molecule has 2 aromatic heterocycles. The number of halogens is 4. The van der Waals surface area contributed by atoms with Crippen molar-refractivity contribution in [3.63, 3.8) is 0 Å². The van der Waals surface area contributed by atoms with E-state index in [4.69, 9.17) is 5.73 Å². The number of aryl methyl sites for hydroxylation is 1. The lowest BCUT2D eigenvalue weighted by Gasteiger charge is -2.09. The summed E-state index contributed by atoms with van der Waals surface area (Å²) in [5, 5.41) is -0.210. The maximum atomic E-state index is 13.3.